The lowest BCUT2D eigenvalue weighted by Crippen LogP contribution is -2.32. The van der Waals surface area contributed by atoms with Gasteiger partial charge in [-0.2, -0.15) is 0 Å². The molecule has 0 spiro atoms. The number of piperidine rings is 1. The number of hydrogen-bond donors (Lipinski definition) is 1. The number of carbonyl (C=O) groups excluding carboxylic acids is 2. The van der Waals surface area contributed by atoms with Crippen molar-refractivity contribution in [2.24, 2.45) is 5.73 Å². The zero-order chi connectivity index (χ0) is 23.3. The second-order valence-electron chi connectivity index (χ2n) is 8.06. The van der Waals surface area contributed by atoms with E-state index in [9.17, 15) is 19.7 Å². The van der Waals surface area contributed by atoms with Crippen LogP contribution in [0.5, 0.6) is 0 Å². The molecule has 1 aliphatic heterocycles. The minimum atomic E-state index is -0.711. The summed E-state index contributed by atoms with van der Waals surface area (Å²) in [4.78, 5) is 37.7. The minimum absolute atomic E-state index is 0.0199. The highest BCUT2D eigenvalue weighted by atomic mass is 16.6. The molecule has 2 atom stereocenters. The monoisotopic (exact) mass is 439 g/mol. The average molecular weight is 440 g/mol. The molecule has 0 aliphatic carbocycles. The molecule has 2 aromatic carbocycles. The van der Waals surface area contributed by atoms with Gasteiger partial charge in [-0.3, -0.25) is 14.9 Å². The number of ether oxygens (including phenoxy) is 1. The Morgan fingerprint density at radius 2 is 1.78 bits per heavy atom. The van der Waals surface area contributed by atoms with E-state index in [0.717, 1.165) is 43.6 Å². The summed E-state index contributed by atoms with van der Waals surface area (Å²) >= 11 is 0. The molecule has 170 valence electrons. The van der Waals surface area contributed by atoms with Gasteiger partial charge in [0.2, 0.25) is 5.91 Å². The Balaban J connectivity index is 2.00. The molecule has 1 amide bonds. The van der Waals surface area contributed by atoms with E-state index < -0.39 is 28.6 Å². The molecule has 0 bridgehead atoms. The fourth-order valence-electron chi connectivity index (χ4n) is 4.36. The predicted molar refractivity (Wildman–Crippen MR) is 122 cm³/mol. The van der Waals surface area contributed by atoms with Gasteiger partial charge >= 0.3 is 5.97 Å². The molecule has 0 saturated carbocycles. The number of carbonyl (C=O) groups is 2. The Kier molecular flexibility index (Phi) is 7.45. The number of non-ortho nitro benzene ring substituents is 1. The van der Waals surface area contributed by atoms with E-state index in [1.54, 1.807) is 43.3 Å². The summed E-state index contributed by atoms with van der Waals surface area (Å²) in [5.74, 6) is -2.08. The first-order chi connectivity index (χ1) is 15.3. The molecule has 1 aliphatic rings. The standard InChI is InChI=1S/C24H29N3O5/c1-3-32-24(29)18-9-7-17(8-10-18)22(23(25)28)16(2)20-15-19(27(30)31)11-12-21(20)26-13-5-4-6-14-26/h7-12,15-16,22H,3-6,13-14H2,1-2H3,(H2,25,28). The first-order valence-electron chi connectivity index (χ1n) is 10.9. The predicted octanol–water partition coefficient (Wildman–Crippen LogP) is 4.13. The molecule has 0 radical (unpaired) electrons. The summed E-state index contributed by atoms with van der Waals surface area (Å²) < 4.78 is 5.01. The van der Waals surface area contributed by atoms with Crippen LogP contribution in [0.3, 0.4) is 0 Å². The van der Waals surface area contributed by atoms with Crippen LogP contribution in [0, 0.1) is 10.1 Å². The highest BCUT2D eigenvalue weighted by Gasteiger charge is 2.30. The van der Waals surface area contributed by atoms with Crippen molar-refractivity contribution < 1.29 is 19.2 Å². The van der Waals surface area contributed by atoms with Crippen LogP contribution in [0.1, 0.15) is 66.4 Å². The van der Waals surface area contributed by atoms with E-state index in [4.69, 9.17) is 10.5 Å². The average Bonchev–Trinajstić information content (AvgIpc) is 2.79. The van der Waals surface area contributed by atoms with Crippen LogP contribution < -0.4 is 10.6 Å². The summed E-state index contributed by atoms with van der Waals surface area (Å²) in [6.45, 7) is 5.60. The van der Waals surface area contributed by atoms with Gasteiger partial charge in [-0.25, -0.2) is 4.79 Å². The largest absolute Gasteiger partial charge is 0.462 e. The molecule has 2 unspecified atom stereocenters. The van der Waals surface area contributed by atoms with Gasteiger partial charge in [0, 0.05) is 30.9 Å². The molecule has 2 aromatic rings. The number of benzene rings is 2. The molecule has 2 N–H and O–H groups in total. The molecule has 1 heterocycles. The molecule has 8 nitrogen and oxygen atoms in total. The number of primary amides is 1. The fourth-order valence-corrected chi connectivity index (χ4v) is 4.36. The Morgan fingerprint density at radius 1 is 1.12 bits per heavy atom. The number of rotatable bonds is 8. The second-order valence-corrected chi connectivity index (χ2v) is 8.06. The number of nitrogens with two attached hydrogens (primary N) is 1. The van der Waals surface area contributed by atoms with Gasteiger partial charge in [-0.1, -0.05) is 19.1 Å². The van der Waals surface area contributed by atoms with Crippen LogP contribution in [-0.4, -0.2) is 36.5 Å². The maximum Gasteiger partial charge on any atom is 0.338 e. The van der Waals surface area contributed by atoms with Gasteiger partial charge in [-0.15, -0.1) is 0 Å². The Morgan fingerprint density at radius 3 is 2.34 bits per heavy atom. The van der Waals surface area contributed by atoms with Crippen LogP contribution in [0.25, 0.3) is 0 Å². The maximum absolute atomic E-state index is 12.5. The van der Waals surface area contributed by atoms with E-state index in [1.807, 2.05) is 6.92 Å². The Hall–Kier alpha value is -3.42. The normalized spacial score (nSPS) is 15.6. The van der Waals surface area contributed by atoms with Crippen LogP contribution in [-0.2, 0) is 9.53 Å². The minimum Gasteiger partial charge on any atom is -0.462 e. The molecule has 1 saturated heterocycles. The molecule has 1 fully saturated rings. The van der Waals surface area contributed by atoms with Crippen molar-refractivity contribution in [1.29, 1.82) is 0 Å². The summed E-state index contributed by atoms with van der Waals surface area (Å²) in [5, 5.41) is 11.4. The van der Waals surface area contributed by atoms with E-state index in [-0.39, 0.29) is 12.3 Å². The van der Waals surface area contributed by atoms with Gasteiger partial charge < -0.3 is 15.4 Å². The third kappa shape index (κ3) is 5.07. The van der Waals surface area contributed by atoms with Crippen molar-refractivity contribution in [3.8, 4) is 0 Å². The third-order valence-corrected chi connectivity index (χ3v) is 6.00. The van der Waals surface area contributed by atoms with Crippen LogP contribution in [0.2, 0.25) is 0 Å². The number of nitro groups is 1. The maximum atomic E-state index is 12.5. The first kappa shape index (κ1) is 23.2. The summed E-state index contributed by atoms with van der Waals surface area (Å²) in [6.07, 6.45) is 3.27. The van der Waals surface area contributed by atoms with Crippen molar-refractivity contribution >= 4 is 23.3 Å². The van der Waals surface area contributed by atoms with Crippen LogP contribution in [0.15, 0.2) is 42.5 Å². The highest BCUT2D eigenvalue weighted by molar-refractivity contribution is 5.90. The van der Waals surface area contributed by atoms with Crippen LogP contribution in [0.4, 0.5) is 11.4 Å². The topological polar surface area (TPSA) is 116 Å². The van der Waals surface area contributed by atoms with Crippen molar-refractivity contribution in [1.82, 2.24) is 0 Å². The molecule has 32 heavy (non-hydrogen) atoms. The van der Waals surface area contributed by atoms with Crippen molar-refractivity contribution in [3.05, 3.63) is 69.3 Å². The van der Waals surface area contributed by atoms with Gasteiger partial charge in [0.25, 0.3) is 5.69 Å². The van der Waals surface area contributed by atoms with Crippen molar-refractivity contribution in [2.75, 3.05) is 24.6 Å². The summed E-state index contributed by atoms with van der Waals surface area (Å²) in [6, 6.07) is 11.4. The SMILES string of the molecule is CCOC(=O)c1ccc(C(C(N)=O)C(C)c2cc([N+](=O)[O-])ccc2N2CCCCC2)cc1. The smallest absolute Gasteiger partial charge is 0.338 e. The Bertz CT molecular complexity index is 984. The number of amides is 1. The summed E-state index contributed by atoms with van der Waals surface area (Å²) in [5.41, 5.74) is 8.44. The quantitative estimate of drug-likeness (QED) is 0.375. The fraction of sp³-hybridized carbons (Fsp3) is 0.417. The number of anilines is 1. The zero-order valence-corrected chi connectivity index (χ0v) is 18.5. The lowest BCUT2D eigenvalue weighted by atomic mass is 9.80. The lowest BCUT2D eigenvalue weighted by Gasteiger charge is -2.33. The van der Waals surface area contributed by atoms with E-state index in [1.165, 1.54) is 6.07 Å². The van der Waals surface area contributed by atoms with Gasteiger partial charge in [0.05, 0.1) is 23.0 Å². The van der Waals surface area contributed by atoms with Crippen LogP contribution >= 0.6 is 0 Å². The van der Waals surface area contributed by atoms with E-state index >= 15 is 0 Å². The second kappa shape index (κ2) is 10.3. The first-order valence-corrected chi connectivity index (χ1v) is 10.9. The lowest BCUT2D eigenvalue weighted by molar-refractivity contribution is -0.384. The number of nitro benzene ring substituents is 1. The highest BCUT2D eigenvalue weighted by Crippen LogP contribution is 2.40. The van der Waals surface area contributed by atoms with Crippen molar-refractivity contribution in [3.63, 3.8) is 0 Å². The zero-order valence-electron chi connectivity index (χ0n) is 18.5. The van der Waals surface area contributed by atoms with Gasteiger partial charge in [0.1, 0.15) is 0 Å². The molecular weight excluding hydrogens is 410 g/mol. The number of hydrogen-bond acceptors (Lipinski definition) is 6. The molecule has 0 aromatic heterocycles. The molecular formula is C24H29N3O5. The molecule has 8 heteroatoms. The van der Waals surface area contributed by atoms with Gasteiger partial charge in [-0.05, 0) is 61.4 Å². The molecule has 3 rings (SSSR count). The third-order valence-electron chi connectivity index (χ3n) is 6.00. The number of nitrogens with zero attached hydrogens (tertiary/aromatic N) is 2. The Labute approximate surface area is 187 Å². The summed E-state index contributed by atoms with van der Waals surface area (Å²) in [7, 11) is 0. The van der Waals surface area contributed by atoms with Crippen molar-refractivity contribution in [2.45, 2.75) is 44.9 Å². The van der Waals surface area contributed by atoms with Gasteiger partial charge in [0.15, 0.2) is 0 Å². The number of esters is 1. The van der Waals surface area contributed by atoms with E-state index in [0.29, 0.717) is 11.1 Å². The van der Waals surface area contributed by atoms with E-state index in [2.05, 4.69) is 4.90 Å².